The van der Waals surface area contributed by atoms with Crippen LogP contribution in [-0.2, 0) is 0 Å². The summed E-state index contributed by atoms with van der Waals surface area (Å²) in [6.45, 7) is 0. The van der Waals surface area contributed by atoms with E-state index in [4.69, 9.17) is 0 Å². The van der Waals surface area contributed by atoms with Gasteiger partial charge in [-0.3, -0.25) is 4.79 Å². The monoisotopic (exact) mass is 162 g/mol. The van der Waals surface area contributed by atoms with Gasteiger partial charge in [-0.15, -0.1) is 0 Å². The van der Waals surface area contributed by atoms with Gasteiger partial charge in [0.25, 0.3) is 0 Å². The summed E-state index contributed by atoms with van der Waals surface area (Å²) in [5, 5.41) is 3.55. The molecule has 0 aliphatic rings. The van der Waals surface area contributed by atoms with E-state index in [1.807, 2.05) is 0 Å². The molecule has 0 fully saturated rings. The summed E-state index contributed by atoms with van der Waals surface area (Å²) in [5.41, 5.74) is 2.22. The molecule has 0 amide bonds. The highest BCUT2D eigenvalue weighted by atomic mass is 16.5. The number of H-pyrrole nitrogens is 1. The first-order valence-corrected chi connectivity index (χ1v) is 3.44. The van der Waals surface area contributed by atoms with Crippen LogP contribution in [0, 0.1) is 0 Å². The summed E-state index contributed by atoms with van der Waals surface area (Å²) in [6, 6.07) is 3.51. The molecular formula is C8H6N2O2. The van der Waals surface area contributed by atoms with Crippen LogP contribution in [-0.4, -0.2) is 16.4 Å². The molecule has 0 aliphatic heterocycles. The zero-order valence-corrected chi connectivity index (χ0v) is 6.15. The Morgan fingerprint density at radius 2 is 2.42 bits per heavy atom. The molecule has 0 radical (unpaired) electrons. The van der Waals surface area contributed by atoms with Gasteiger partial charge in [-0.2, -0.15) is 0 Å². The fraction of sp³-hybridized carbons (Fsp3) is 0. The van der Waals surface area contributed by atoms with E-state index in [2.05, 4.69) is 14.7 Å². The van der Waals surface area contributed by atoms with Crippen molar-refractivity contribution in [3.63, 3.8) is 0 Å². The minimum atomic E-state index is 0.547. The fourth-order valence-corrected chi connectivity index (χ4v) is 0.987. The second-order valence-electron chi connectivity index (χ2n) is 2.36. The molecule has 0 unspecified atom stereocenters. The summed E-state index contributed by atoms with van der Waals surface area (Å²) in [7, 11) is 0. The van der Waals surface area contributed by atoms with Gasteiger partial charge < -0.3 is 9.51 Å². The van der Waals surface area contributed by atoms with Crippen LogP contribution < -0.4 is 0 Å². The summed E-state index contributed by atoms with van der Waals surface area (Å²) in [5.74, 6) is 0. The normalized spacial score (nSPS) is 10.0. The van der Waals surface area contributed by atoms with Crippen LogP contribution in [0.5, 0.6) is 0 Å². The van der Waals surface area contributed by atoms with E-state index in [-0.39, 0.29) is 0 Å². The van der Waals surface area contributed by atoms with E-state index in [0.717, 1.165) is 17.5 Å². The Balaban J connectivity index is 2.41. The molecule has 0 spiro atoms. The molecule has 0 saturated heterocycles. The van der Waals surface area contributed by atoms with E-state index in [0.29, 0.717) is 5.69 Å². The molecule has 4 heteroatoms. The first-order chi connectivity index (χ1) is 5.90. The van der Waals surface area contributed by atoms with Gasteiger partial charge in [0.15, 0.2) is 6.29 Å². The number of nitrogens with one attached hydrogen (secondary N) is 1. The lowest BCUT2D eigenvalue weighted by molar-refractivity contribution is 0.111. The highest BCUT2D eigenvalue weighted by Crippen LogP contribution is 2.16. The highest BCUT2D eigenvalue weighted by molar-refractivity contribution is 5.74. The van der Waals surface area contributed by atoms with E-state index >= 15 is 0 Å². The number of rotatable bonds is 2. The van der Waals surface area contributed by atoms with Gasteiger partial charge in [0.1, 0.15) is 6.26 Å². The second-order valence-corrected chi connectivity index (χ2v) is 2.36. The minimum absolute atomic E-state index is 0.547. The van der Waals surface area contributed by atoms with Gasteiger partial charge in [-0.05, 0) is 12.1 Å². The van der Waals surface area contributed by atoms with Gasteiger partial charge in [0, 0.05) is 0 Å². The Hall–Kier alpha value is -1.84. The number of aromatic nitrogens is 2. The maximum absolute atomic E-state index is 10.3. The first-order valence-electron chi connectivity index (χ1n) is 3.44. The molecule has 0 atom stereocenters. The second kappa shape index (κ2) is 2.65. The molecule has 0 aliphatic carbocycles. The van der Waals surface area contributed by atoms with Gasteiger partial charge >= 0.3 is 0 Å². The van der Waals surface area contributed by atoms with Gasteiger partial charge in [-0.1, -0.05) is 5.16 Å². The Morgan fingerprint density at radius 1 is 1.50 bits per heavy atom. The zero-order valence-electron chi connectivity index (χ0n) is 6.15. The lowest BCUT2D eigenvalue weighted by Gasteiger charge is -1.86. The lowest BCUT2D eigenvalue weighted by atomic mass is 10.3. The molecular weight excluding hydrogens is 156 g/mol. The molecule has 0 saturated carbocycles. The predicted molar refractivity (Wildman–Crippen MR) is 41.7 cm³/mol. The molecule has 2 heterocycles. The van der Waals surface area contributed by atoms with Crippen LogP contribution in [0.1, 0.15) is 10.5 Å². The zero-order chi connectivity index (χ0) is 8.39. The number of hydrogen-bond donors (Lipinski definition) is 1. The summed E-state index contributed by atoms with van der Waals surface area (Å²) in [6.07, 6.45) is 3.86. The third kappa shape index (κ3) is 1.03. The van der Waals surface area contributed by atoms with Crippen molar-refractivity contribution in [2.24, 2.45) is 0 Å². The molecule has 1 N–H and O–H groups in total. The molecule has 4 nitrogen and oxygen atoms in total. The molecule has 12 heavy (non-hydrogen) atoms. The van der Waals surface area contributed by atoms with Crippen LogP contribution in [0.25, 0.3) is 11.3 Å². The molecule has 2 aromatic heterocycles. The third-order valence-electron chi connectivity index (χ3n) is 1.58. The number of nitrogens with zero attached hydrogens (tertiary/aromatic N) is 1. The van der Waals surface area contributed by atoms with Crippen LogP contribution in [0.15, 0.2) is 29.1 Å². The van der Waals surface area contributed by atoms with E-state index in [9.17, 15) is 4.79 Å². The smallest absolute Gasteiger partial charge is 0.166 e. The predicted octanol–water partition coefficient (Wildman–Crippen LogP) is 1.48. The summed E-state index contributed by atoms with van der Waals surface area (Å²) >= 11 is 0. The minimum Gasteiger partial charge on any atom is -0.364 e. The van der Waals surface area contributed by atoms with Crippen molar-refractivity contribution in [2.45, 2.75) is 0 Å². The summed E-state index contributed by atoms with van der Waals surface area (Å²) in [4.78, 5) is 13.2. The van der Waals surface area contributed by atoms with Crippen LogP contribution in [0.2, 0.25) is 0 Å². The maximum Gasteiger partial charge on any atom is 0.166 e. The van der Waals surface area contributed by atoms with Crippen LogP contribution in [0.3, 0.4) is 0 Å². The molecule has 60 valence electrons. The Morgan fingerprint density at radius 3 is 3.00 bits per heavy atom. The molecule has 0 aromatic carbocycles. The highest BCUT2D eigenvalue weighted by Gasteiger charge is 2.01. The molecule has 2 rings (SSSR count). The SMILES string of the molecule is O=Cc1ccc(-c2cnoc2)[nH]1. The lowest BCUT2D eigenvalue weighted by Crippen LogP contribution is -1.77. The average Bonchev–Trinajstić information content (AvgIpc) is 2.75. The maximum atomic E-state index is 10.3. The number of aldehydes is 1. The summed E-state index contributed by atoms with van der Waals surface area (Å²) < 4.78 is 4.65. The van der Waals surface area contributed by atoms with Gasteiger partial charge in [0.2, 0.25) is 0 Å². The Kier molecular flexibility index (Phi) is 1.51. The number of hydrogen-bond acceptors (Lipinski definition) is 3. The van der Waals surface area contributed by atoms with Gasteiger partial charge in [0.05, 0.1) is 23.1 Å². The Bertz CT molecular complexity index is 375. The van der Waals surface area contributed by atoms with E-state index in [1.165, 1.54) is 6.26 Å². The van der Waals surface area contributed by atoms with Gasteiger partial charge in [-0.25, -0.2) is 0 Å². The average molecular weight is 162 g/mol. The van der Waals surface area contributed by atoms with Crippen molar-refractivity contribution in [1.82, 2.24) is 10.1 Å². The Labute approximate surface area is 68.2 Å². The fourth-order valence-electron chi connectivity index (χ4n) is 0.987. The van der Waals surface area contributed by atoms with Crippen molar-refractivity contribution in [3.05, 3.63) is 30.3 Å². The largest absolute Gasteiger partial charge is 0.364 e. The standard InChI is InChI=1S/C8H6N2O2/c11-4-7-1-2-8(10-7)6-3-9-12-5-6/h1-5,10H. The van der Waals surface area contributed by atoms with Crippen molar-refractivity contribution >= 4 is 6.29 Å². The van der Waals surface area contributed by atoms with Crippen LogP contribution >= 0.6 is 0 Å². The van der Waals surface area contributed by atoms with Crippen molar-refractivity contribution in [3.8, 4) is 11.3 Å². The van der Waals surface area contributed by atoms with E-state index in [1.54, 1.807) is 18.3 Å². The van der Waals surface area contributed by atoms with Crippen molar-refractivity contribution < 1.29 is 9.32 Å². The third-order valence-corrected chi connectivity index (χ3v) is 1.58. The quantitative estimate of drug-likeness (QED) is 0.680. The van der Waals surface area contributed by atoms with Crippen molar-refractivity contribution in [2.75, 3.05) is 0 Å². The number of carbonyl (C=O) groups is 1. The van der Waals surface area contributed by atoms with E-state index < -0.39 is 0 Å². The number of aromatic amines is 1. The number of carbonyl (C=O) groups excluding carboxylic acids is 1. The molecule has 2 aromatic rings. The topological polar surface area (TPSA) is 58.9 Å². The van der Waals surface area contributed by atoms with Crippen molar-refractivity contribution in [1.29, 1.82) is 0 Å². The molecule has 0 bridgehead atoms. The van der Waals surface area contributed by atoms with Crippen LogP contribution in [0.4, 0.5) is 0 Å². The first kappa shape index (κ1) is 6.84.